The van der Waals surface area contributed by atoms with Crippen LogP contribution in [0.15, 0.2) is 4.99 Å². The molecule has 20 heavy (non-hydrogen) atoms. The van der Waals surface area contributed by atoms with Crippen molar-refractivity contribution in [2.45, 2.75) is 59.4 Å². The number of hydrogen-bond acceptors (Lipinski definition) is 2. The summed E-state index contributed by atoms with van der Waals surface area (Å²) in [7, 11) is 0. The quantitative estimate of drug-likeness (QED) is 0.531. The molecule has 1 aliphatic heterocycles. The van der Waals surface area contributed by atoms with Gasteiger partial charge in [-0.15, -0.1) is 0 Å². The largest absolute Gasteiger partial charge is 0.357 e. The number of nitrogens with one attached hydrogen (secondary N) is 2. The zero-order valence-corrected chi connectivity index (χ0v) is 13.9. The van der Waals surface area contributed by atoms with Gasteiger partial charge in [-0.2, -0.15) is 0 Å². The van der Waals surface area contributed by atoms with E-state index in [0.29, 0.717) is 12.0 Å². The summed E-state index contributed by atoms with van der Waals surface area (Å²) in [5.41, 5.74) is 0. The minimum atomic E-state index is 0.678. The highest BCUT2D eigenvalue weighted by Crippen LogP contribution is 2.15. The molecule has 1 heterocycles. The van der Waals surface area contributed by atoms with Crippen LogP contribution in [0, 0.1) is 5.92 Å². The number of likely N-dealkylation sites (tertiary alicyclic amines) is 1. The second kappa shape index (κ2) is 10.0. The molecule has 0 bridgehead atoms. The zero-order valence-electron chi connectivity index (χ0n) is 13.9. The topological polar surface area (TPSA) is 39.7 Å². The van der Waals surface area contributed by atoms with Crippen molar-refractivity contribution in [3.63, 3.8) is 0 Å². The van der Waals surface area contributed by atoms with Crippen molar-refractivity contribution < 1.29 is 0 Å². The fraction of sp³-hybridized carbons (Fsp3) is 0.938. The van der Waals surface area contributed by atoms with Crippen molar-refractivity contribution in [1.82, 2.24) is 15.5 Å². The van der Waals surface area contributed by atoms with Gasteiger partial charge in [0, 0.05) is 25.7 Å². The van der Waals surface area contributed by atoms with E-state index in [4.69, 9.17) is 4.99 Å². The van der Waals surface area contributed by atoms with E-state index in [-0.39, 0.29) is 0 Å². The van der Waals surface area contributed by atoms with Crippen LogP contribution in [0.2, 0.25) is 0 Å². The predicted molar refractivity (Wildman–Crippen MR) is 88.3 cm³/mol. The average Bonchev–Trinajstić information content (AvgIpc) is 2.93. The SMILES string of the molecule is CCNC(=NCC(CC)CC)NCC1CCCN1CC. The minimum Gasteiger partial charge on any atom is -0.357 e. The predicted octanol–water partition coefficient (Wildman–Crippen LogP) is 2.46. The van der Waals surface area contributed by atoms with Crippen molar-refractivity contribution in [2.24, 2.45) is 10.9 Å². The average molecular weight is 282 g/mol. The maximum atomic E-state index is 4.74. The van der Waals surface area contributed by atoms with E-state index in [2.05, 4.69) is 43.2 Å². The lowest BCUT2D eigenvalue weighted by Gasteiger charge is -2.24. The van der Waals surface area contributed by atoms with E-state index in [1.54, 1.807) is 0 Å². The maximum absolute atomic E-state index is 4.74. The molecule has 1 atom stereocenters. The third kappa shape index (κ3) is 5.70. The van der Waals surface area contributed by atoms with Gasteiger partial charge in [0.1, 0.15) is 0 Å². The molecule has 118 valence electrons. The summed E-state index contributed by atoms with van der Waals surface area (Å²) in [6, 6.07) is 0.678. The first-order valence-electron chi connectivity index (χ1n) is 8.51. The second-order valence-electron chi connectivity index (χ2n) is 5.71. The number of guanidine groups is 1. The first-order valence-corrected chi connectivity index (χ1v) is 8.51. The van der Waals surface area contributed by atoms with Gasteiger partial charge >= 0.3 is 0 Å². The van der Waals surface area contributed by atoms with Gasteiger partial charge in [0.15, 0.2) is 5.96 Å². The number of nitrogens with zero attached hydrogens (tertiary/aromatic N) is 2. The molecule has 0 aromatic rings. The van der Waals surface area contributed by atoms with Gasteiger partial charge in [-0.1, -0.05) is 33.6 Å². The van der Waals surface area contributed by atoms with E-state index in [1.807, 2.05) is 0 Å². The molecule has 0 amide bonds. The lowest BCUT2D eigenvalue weighted by Crippen LogP contribution is -2.45. The van der Waals surface area contributed by atoms with Crippen LogP contribution in [0.5, 0.6) is 0 Å². The molecule has 0 aliphatic carbocycles. The summed E-state index contributed by atoms with van der Waals surface area (Å²) in [5.74, 6) is 1.70. The fourth-order valence-electron chi connectivity index (χ4n) is 2.87. The molecule has 1 fully saturated rings. The first-order chi connectivity index (χ1) is 9.74. The summed E-state index contributed by atoms with van der Waals surface area (Å²) in [4.78, 5) is 7.31. The van der Waals surface area contributed by atoms with E-state index < -0.39 is 0 Å². The maximum Gasteiger partial charge on any atom is 0.191 e. The standard InChI is InChI=1S/C16H34N4/c1-5-14(6-2)12-18-16(17-7-3)19-13-15-10-9-11-20(15)8-4/h14-15H,5-13H2,1-4H3,(H2,17,18,19). The highest BCUT2D eigenvalue weighted by molar-refractivity contribution is 5.79. The lowest BCUT2D eigenvalue weighted by molar-refractivity contribution is 0.267. The Balaban J connectivity index is 2.43. The van der Waals surface area contributed by atoms with Gasteiger partial charge < -0.3 is 10.6 Å². The summed E-state index contributed by atoms with van der Waals surface area (Å²) >= 11 is 0. The molecule has 1 aliphatic rings. The molecule has 4 nitrogen and oxygen atoms in total. The van der Waals surface area contributed by atoms with Crippen LogP contribution in [0.1, 0.15) is 53.4 Å². The Hall–Kier alpha value is -0.770. The molecule has 0 aromatic heterocycles. The van der Waals surface area contributed by atoms with Crippen LogP contribution in [0.3, 0.4) is 0 Å². The molecule has 4 heteroatoms. The Bertz CT molecular complexity index is 274. The van der Waals surface area contributed by atoms with Gasteiger partial charge in [-0.25, -0.2) is 0 Å². The Labute approximate surface area is 125 Å². The third-order valence-electron chi connectivity index (χ3n) is 4.42. The van der Waals surface area contributed by atoms with Crippen LogP contribution in [-0.2, 0) is 0 Å². The Morgan fingerprint density at radius 1 is 1.20 bits per heavy atom. The Morgan fingerprint density at radius 2 is 1.95 bits per heavy atom. The molecule has 1 unspecified atom stereocenters. The Morgan fingerprint density at radius 3 is 2.55 bits per heavy atom. The number of hydrogen-bond donors (Lipinski definition) is 2. The van der Waals surface area contributed by atoms with Crippen LogP contribution in [0.4, 0.5) is 0 Å². The van der Waals surface area contributed by atoms with Gasteiger partial charge in [0.2, 0.25) is 0 Å². The van der Waals surface area contributed by atoms with E-state index in [1.165, 1.54) is 32.2 Å². The van der Waals surface area contributed by atoms with Gasteiger partial charge in [0.05, 0.1) is 0 Å². The number of aliphatic imine (C=N–C) groups is 1. The molecule has 0 radical (unpaired) electrons. The van der Waals surface area contributed by atoms with Gasteiger partial charge in [0.25, 0.3) is 0 Å². The third-order valence-corrected chi connectivity index (χ3v) is 4.42. The molecule has 0 aromatic carbocycles. The van der Waals surface area contributed by atoms with Crippen molar-refractivity contribution in [2.75, 3.05) is 32.7 Å². The van der Waals surface area contributed by atoms with Crippen LogP contribution >= 0.6 is 0 Å². The van der Waals surface area contributed by atoms with Crippen molar-refractivity contribution >= 4 is 5.96 Å². The highest BCUT2D eigenvalue weighted by Gasteiger charge is 2.22. The van der Waals surface area contributed by atoms with Crippen LogP contribution in [-0.4, -0.2) is 49.6 Å². The molecule has 1 rings (SSSR count). The highest BCUT2D eigenvalue weighted by atomic mass is 15.2. The summed E-state index contributed by atoms with van der Waals surface area (Å²) < 4.78 is 0. The molecular weight excluding hydrogens is 248 g/mol. The summed E-state index contributed by atoms with van der Waals surface area (Å²) in [5, 5.41) is 6.89. The minimum absolute atomic E-state index is 0.678. The van der Waals surface area contributed by atoms with E-state index in [0.717, 1.165) is 32.1 Å². The number of likely N-dealkylation sites (N-methyl/N-ethyl adjacent to an activating group) is 1. The summed E-state index contributed by atoms with van der Waals surface area (Å²) in [6.45, 7) is 14.2. The molecule has 1 saturated heterocycles. The Kier molecular flexibility index (Phi) is 8.67. The smallest absolute Gasteiger partial charge is 0.191 e. The molecule has 0 spiro atoms. The van der Waals surface area contributed by atoms with Crippen molar-refractivity contribution in [3.8, 4) is 0 Å². The normalized spacial score (nSPS) is 20.6. The first kappa shape index (κ1) is 17.3. The van der Waals surface area contributed by atoms with Crippen molar-refractivity contribution in [3.05, 3.63) is 0 Å². The molecule has 2 N–H and O–H groups in total. The fourth-order valence-corrected chi connectivity index (χ4v) is 2.87. The van der Waals surface area contributed by atoms with Gasteiger partial charge in [-0.05, 0) is 38.8 Å². The lowest BCUT2D eigenvalue weighted by atomic mass is 10.0. The van der Waals surface area contributed by atoms with Gasteiger partial charge in [-0.3, -0.25) is 9.89 Å². The van der Waals surface area contributed by atoms with Crippen LogP contribution < -0.4 is 10.6 Å². The van der Waals surface area contributed by atoms with E-state index in [9.17, 15) is 0 Å². The van der Waals surface area contributed by atoms with E-state index >= 15 is 0 Å². The number of rotatable bonds is 8. The van der Waals surface area contributed by atoms with Crippen LogP contribution in [0.25, 0.3) is 0 Å². The molecule has 0 saturated carbocycles. The summed E-state index contributed by atoms with van der Waals surface area (Å²) in [6.07, 6.45) is 5.08. The second-order valence-corrected chi connectivity index (χ2v) is 5.71. The van der Waals surface area contributed by atoms with Crippen molar-refractivity contribution in [1.29, 1.82) is 0 Å². The monoisotopic (exact) mass is 282 g/mol. The molecular formula is C16H34N4. The zero-order chi connectivity index (χ0) is 14.8.